The molecule has 2 atom stereocenters. The van der Waals surface area contributed by atoms with Crippen molar-refractivity contribution in [2.24, 2.45) is 0 Å². The first-order valence-corrected chi connectivity index (χ1v) is 9.65. The number of carbonyl (C=O) groups is 4. The molecule has 0 saturated carbocycles. The molecule has 9 nitrogen and oxygen atoms in total. The van der Waals surface area contributed by atoms with Crippen LogP contribution in [0.5, 0.6) is 0 Å². The zero-order chi connectivity index (χ0) is 21.4. The van der Waals surface area contributed by atoms with Crippen LogP contribution in [0, 0.1) is 0 Å². The standard InChI is InChI=1S/C20H29N5O4/c1-14(21-3)19(28)22-12-18(27)25-10-9-24(13-17(25)15(2)26)20(29)23-11-16-7-5-4-6-8-16/h4-8,14,17,21H,9-13H2,1-3H3,(H,22,28)(H,23,29). The monoisotopic (exact) mass is 403 g/mol. The van der Waals surface area contributed by atoms with Crippen LogP contribution < -0.4 is 16.0 Å². The summed E-state index contributed by atoms with van der Waals surface area (Å²) in [5.74, 6) is -0.834. The van der Waals surface area contributed by atoms with Crippen LogP contribution in [0.15, 0.2) is 30.3 Å². The number of rotatable bonds is 7. The van der Waals surface area contributed by atoms with Crippen molar-refractivity contribution in [3.8, 4) is 0 Å². The van der Waals surface area contributed by atoms with Crippen LogP contribution in [-0.4, -0.2) is 78.7 Å². The largest absolute Gasteiger partial charge is 0.346 e. The number of urea groups is 1. The van der Waals surface area contributed by atoms with E-state index in [1.807, 2.05) is 30.3 Å². The lowest BCUT2D eigenvalue weighted by Gasteiger charge is -2.40. The zero-order valence-electron chi connectivity index (χ0n) is 17.1. The van der Waals surface area contributed by atoms with Crippen LogP contribution in [0.3, 0.4) is 0 Å². The molecule has 1 fully saturated rings. The molecule has 158 valence electrons. The molecule has 4 amide bonds. The molecule has 0 bridgehead atoms. The van der Waals surface area contributed by atoms with E-state index < -0.39 is 12.1 Å². The van der Waals surface area contributed by atoms with Gasteiger partial charge in [0.25, 0.3) is 0 Å². The van der Waals surface area contributed by atoms with Gasteiger partial charge in [-0.2, -0.15) is 0 Å². The van der Waals surface area contributed by atoms with Crippen molar-refractivity contribution in [1.29, 1.82) is 0 Å². The topological polar surface area (TPSA) is 111 Å². The Morgan fingerprint density at radius 2 is 1.79 bits per heavy atom. The molecule has 9 heteroatoms. The van der Waals surface area contributed by atoms with E-state index >= 15 is 0 Å². The number of piperazine rings is 1. The summed E-state index contributed by atoms with van der Waals surface area (Å²) in [6.45, 7) is 3.97. The van der Waals surface area contributed by atoms with Gasteiger partial charge in [0.2, 0.25) is 11.8 Å². The average Bonchev–Trinajstić information content (AvgIpc) is 2.75. The minimum Gasteiger partial charge on any atom is -0.346 e. The van der Waals surface area contributed by atoms with Crippen LogP contribution in [0.2, 0.25) is 0 Å². The normalized spacial score (nSPS) is 17.4. The predicted octanol–water partition coefficient (Wildman–Crippen LogP) is -0.278. The SMILES string of the molecule is CNC(C)C(=O)NCC(=O)N1CCN(C(=O)NCc2ccccc2)CC1C(C)=O. The van der Waals surface area contributed by atoms with E-state index in [2.05, 4.69) is 16.0 Å². The number of nitrogens with one attached hydrogen (secondary N) is 3. The molecular formula is C20H29N5O4. The maximum absolute atomic E-state index is 12.5. The minimum atomic E-state index is -0.725. The molecule has 0 aromatic heterocycles. The summed E-state index contributed by atoms with van der Waals surface area (Å²) in [4.78, 5) is 51.9. The summed E-state index contributed by atoms with van der Waals surface area (Å²) < 4.78 is 0. The Labute approximate surface area is 170 Å². The third-order valence-corrected chi connectivity index (χ3v) is 4.98. The van der Waals surface area contributed by atoms with Crippen molar-refractivity contribution < 1.29 is 19.2 Å². The lowest BCUT2D eigenvalue weighted by Crippen LogP contribution is -2.61. The summed E-state index contributed by atoms with van der Waals surface area (Å²) in [5, 5.41) is 8.20. The van der Waals surface area contributed by atoms with Crippen molar-refractivity contribution >= 4 is 23.6 Å². The van der Waals surface area contributed by atoms with E-state index in [4.69, 9.17) is 0 Å². The van der Waals surface area contributed by atoms with Gasteiger partial charge in [0.05, 0.1) is 19.1 Å². The molecule has 1 aliphatic rings. The van der Waals surface area contributed by atoms with E-state index in [1.54, 1.807) is 18.9 Å². The van der Waals surface area contributed by atoms with E-state index in [0.717, 1.165) is 5.56 Å². The Hall–Kier alpha value is -2.94. The number of nitrogens with zero attached hydrogens (tertiary/aromatic N) is 2. The molecule has 2 unspecified atom stereocenters. The number of likely N-dealkylation sites (N-methyl/N-ethyl adjacent to an activating group) is 1. The minimum absolute atomic E-state index is 0.128. The lowest BCUT2D eigenvalue weighted by atomic mass is 10.1. The smallest absolute Gasteiger partial charge is 0.317 e. The van der Waals surface area contributed by atoms with Crippen LogP contribution >= 0.6 is 0 Å². The number of hydrogen-bond donors (Lipinski definition) is 3. The fraction of sp³-hybridized carbons (Fsp3) is 0.500. The van der Waals surface area contributed by atoms with Crippen molar-refractivity contribution in [2.45, 2.75) is 32.5 Å². The Bertz CT molecular complexity index is 740. The Kier molecular flexibility index (Phi) is 8.14. The molecule has 2 rings (SSSR count). The highest BCUT2D eigenvalue weighted by Gasteiger charge is 2.35. The maximum atomic E-state index is 12.5. The van der Waals surface area contributed by atoms with Crippen LogP contribution in [-0.2, 0) is 20.9 Å². The Morgan fingerprint density at radius 3 is 2.41 bits per heavy atom. The van der Waals surface area contributed by atoms with Gasteiger partial charge in [-0.15, -0.1) is 0 Å². The zero-order valence-corrected chi connectivity index (χ0v) is 17.1. The molecule has 0 aliphatic carbocycles. The highest BCUT2D eigenvalue weighted by Crippen LogP contribution is 2.12. The first-order chi connectivity index (χ1) is 13.8. The van der Waals surface area contributed by atoms with Crippen LogP contribution in [0.25, 0.3) is 0 Å². The molecule has 1 aromatic carbocycles. The fourth-order valence-electron chi connectivity index (χ4n) is 3.05. The van der Waals surface area contributed by atoms with Gasteiger partial charge in [0.15, 0.2) is 5.78 Å². The van der Waals surface area contributed by atoms with Gasteiger partial charge in [-0.3, -0.25) is 14.4 Å². The molecule has 29 heavy (non-hydrogen) atoms. The number of carbonyl (C=O) groups excluding carboxylic acids is 4. The van der Waals surface area contributed by atoms with Gasteiger partial charge in [-0.25, -0.2) is 4.79 Å². The van der Waals surface area contributed by atoms with Gasteiger partial charge in [0.1, 0.15) is 6.04 Å². The third-order valence-electron chi connectivity index (χ3n) is 4.98. The number of ketones is 1. The number of benzene rings is 1. The summed E-state index contributed by atoms with van der Waals surface area (Å²) in [5.41, 5.74) is 0.976. The van der Waals surface area contributed by atoms with Crippen molar-refractivity contribution in [1.82, 2.24) is 25.8 Å². The number of amides is 4. The van der Waals surface area contributed by atoms with Crippen molar-refractivity contribution in [3.63, 3.8) is 0 Å². The summed E-state index contributed by atoms with van der Waals surface area (Å²) in [6.07, 6.45) is 0. The van der Waals surface area contributed by atoms with Gasteiger partial charge in [0, 0.05) is 19.6 Å². The van der Waals surface area contributed by atoms with Crippen molar-refractivity contribution in [3.05, 3.63) is 35.9 Å². The van der Waals surface area contributed by atoms with E-state index in [1.165, 1.54) is 11.8 Å². The van der Waals surface area contributed by atoms with Crippen molar-refractivity contribution in [2.75, 3.05) is 33.2 Å². The van der Waals surface area contributed by atoms with Gasteiger partial charge in [-0.05, 0) is 26.5 Å². The highest BCUT2D eigenvalue weighted by molar-refractivity contribution is 5.91. The fourth-order valence-corrected chi connectivity index (χ4v) is 3.05. The molecule has 1 heterocycles. The molecule has 3 N–H and O–H groups in total. The molecule has 0 radical (unpaired) electrons. The van der Waals surface area contributed by atoms with Crippen LogP contribution in [0.1, 0.15) is 19.4 Å². The third kappa shape index (κ3) is 6.28. The van der Waals surface area contributed by atoms with Gasteiger partial charge in [-0.1, -0.05) is 30.3 Å². The summed E-state index contributed by atoms with van der Waals surface area (Å²) in [6, 6.07) is 8.11. The molecule has 1 aromatic rings. The summed E-state index contributed by atoms with van der Waals surface area (Å²) >= 11 is 0. The second-order valence-electron chi connectivity index (χ2n) is 7.03. The second kappa shape index (κ2) is 10.6. The van der Waals surface area contributed by atoms with Gasteiger partial charge >= 0.3 is 6.03 Å². The van der Waals surface area contributed by atoms with Gasteiger partial charge < -0.3 is 25.8 Å². The van der Waals surface area contributed by atoms with E-state index in [-0.39, 0.29) is 43.3 Å². The first kappa shape index (κ1) is 22.4. The molecule has 0 spiro atoms. The quantitative estimate of drug-likeness (QED) is 0.580. The Morgan fingerprint density at radius 1 is 1.10 bits per heavy atom. The predicted molar refractivity (Wildman–Crippen MR) is 108 cm³/mol. The van der Waals surface area contributed by atoms with Crippen LogP contribution in [0.4, 0.5) is 4.79 Å². The highest BCUT2D eigenvalue weighted by atomic mass is 16.2. The second-order valence-corrected chi connectivity index (χ2v) is 7.03. The Balaban J connectivity index is 1.91. The van der Waals surface area contributed by atoms with E-state index in [0.29, 0.717) is 13.1 Å². The first-order valence-electron chi connectivity index (χ1n) is 9.65. The molecule has 1 saturated heterocycles. The number of Topliss-reactive ketones (excluding diaryl/α,β-unsaturated/α-hetero) is 1. The average molecular weight is 403 g/mol. The lowest BCUT2D eigenvalue weighted by molar-refractivity contribution is -0.141. The maximum Gasteiger partial charge on any atom is 0.317 e. The van der Waals surface area contributed by atoms with E-state index in [9.17, 15) is 19.2 Å². The molecule has 1 aliphatic heterocycles. The number of hydrogen-bond acceptors (Lipinski definition) is 5. The molecular weight excluding hydrogens is 374 g/mol. The summed E-state index contributed by atoms with van der Waals surface area (Å²) in [7, 11) is 1.65.